The van der Waals surface area contributed by atoms with Gasteiger partial charge < -0.3 is 4.74 Å². The van der Waals surface area contributed by atoms with E-state index in [1.807, 2.05) is 27.7 Å². The Morgan fingerprint density at radius 2 is 2.03 bits per heavy atom. The first-order chi connectivity index (χ1) is 13.7. The minimum Gasteiger partial charge on any atom is -0.477 e. The van der Waals surface area contributed by atoms with Crippen LogP contribution in [0.4, 0.5) is 0 Å². The first-order valence-corrected chi connectivity index (χ1v) is 10.7. The number of nitrogens with zero attached hydrogens (tertiary/aromatic N) is 2. The Morgan fingerprint density at radius 1 is 1.31 bits per heavy atom. The quantitative estimate of drug-likeness (QED) is 0.446. The van der Waals surface area contributed by atoms with Crippen molar-refractivity contribution in [3.05, 3.63) is 45.1 Å². The number of ether oxygens (including phenoxy) is 1. The van der Waals surface area contributed by atoms with E-state index in [-0.39, 0.29) is 16.6 Å². The number of carbonyl (C=O) groups is 2. The second kappa shape index (κ2) is 8.31. The Morgan fingerprint density at radius 3 is 2.69 bits per heavy atom. The van der Waals surface area contributed by atoms with E-state index in [9.17, 15) is 9.59 Å². The highest BCUT2D eigenvalue weighted by Gasteiger charge is 2.38. The first kappa shape index (κ1) is 21.6. The van der Waals surface area contributed by atoms with Crippen LogP contribution in [0.5, 0.6) is 5.88 Å². The summed E-state index contributed by atoms with van der Waals surface area (Å²) < 4.78 is 7.57. The molecule has 0 atom stereocenters. The summed E-state index contributed by atoms with van der Waals surface area (Å²) in [4.78, 5) is 26.5. The van der Waals surface area contributed by atoms with Crippen LogP contribution in [0.1, 0.15) is 84.4 Å². The van der Waals surface area contributed by atoms with Gasteiger partial charge in [0.15, 0.2) is 5.78 Å². The highest BCUT2D eigenvalue weighted by Crippen LogP contribution is 2.41. The van der Waals surface area contributed by atoms with Gasteiger partial charge in [0.2, 0.25) is 11.7 Å². The zero-order valence-corrected chi connectivity index (χ0v) is 18.7. The molecule has 0 aliphatic heterocycles. The lowest BCUT2D eigenvalue weighted by Gasteiger charge is -2.31. The van der Waals surface area contributed by atoms with Crippen LogP contribution in [0, 0.1) is 12.3 Å². The molecule has 2 aromatic rings. The van der Waals surface area contributed by atoms with Crippen molar-refractivity contribution >= 4 is 23.2 Å². The van der Waals surface area contributed by atoms with Crippen LogP contribution < -0.4 is 4.74 Å². The number of fused-ring (bicyclic) bond motifs is 1. The summed E-state index contributed by atoms with van der Waals surface area (Å²) in [6.07, 6.45) is 4.99. The first-order valence-electron chi connectivity index (χ1n) is 10.3. The van der Waals surface area contributed by atoms with Gasteiger partial charge in [-0.2, -0.15) is 5.10 Å². The molecule has 0 amide bonds. The van der Waals surface area contributed by atoms with Crippen LogP contribution in [0.25, 0.3) is 0 Å². The Kier molecular flexibility index (Phi) is 6.18. The van der Waals surface area contributed by atoms with Gasteiger partial charge in [0.05, 0.1) is 17.8 Å². The molecule has 1 aromatic heterocycles. The molecule has 1 heterocycles. The standard InChI is InChI=1S/C23H29ClN2O3/c1-6-8-11-29-22-17(13-25-26(22)7-2)20(27)16-12-14(3)15-9-10-23(4,5)21(28)18(15)19(16)24/h12-13H,6-11H2,1-5H3. The van der Waals surface area contributed by atoms with Crippen LogP contribution in [0.3, 0.4) is 0 Å². The molecular formula is C23H29ClN2O3. The van der Waals surface area contributed by atoms with Crippen LogP contribution in [-0.4, -0.2) is 28.0 Å². The predicted molar refractivity (Wildman–Crippen MR) is 114 cm³/mol. The molecule has 0 unspecified atom stereocenters. The average molecular weight is 417 g/mol. The normalized spacial score (nSPS) is 15.3. The van der Waals surface area contributed by atoms with E-state index in [1.54, 1.807) is 10.7 Å². The summed E-state index contributed by atoms with van der Waals surface area (Å²) in [6, 6.07) is 1.80. The number of rotatable bonds is 7. The molecule has 0 N–H and O–H groups in total. The minimum atomic E-state index is -0.480. The zero-order chi connectivity index (χ0) is 21.3. The maximum absolute atomic E-state index is 13.4. The van der Waals surface area contributed by atoms with Crippen molar-refractivity contribution in [3.63, 3.8) is 0 Å². The van der Waals surface area contributed by atoms with Crippen molar-refractivity contribution in [2.24, 2.45) is 5.41 Å². The van der Waals surface area contributed by atoms with Crippen molar-refractivity contribution in [2.75, 3.05) is 6.61 Å². The van der Waals surface area contributed by atoms with Gasteiger partial charge in [-0.1, -0.05) is 38.8 Å². The fraction of sp³-hybridized carbons (Fsp3) is 0.522. The maximum atomic E-state index is 13.4. The largest absolute Gasteiger partial charge is 0.477 e. The van der Waals surface area contributed by atoms with E-state index in [1.165, 1.54) is 6.20 Å². The van der Waals surface area contributed by atoms with Gasteiger partial charge in [-0.05, 0) is 50.3 Å². The van der Waals surface area contributed by atoms with Gasteiger partial charge in [0.25, 0.3) is 0 Å². The Bertz CT molecular complexity index is 960. The topological polar surface area (TPSA) is 61.2 Å². The number of aromatic nitrogens is 2. The Labute approximate surface area is 177 Å². The van der Waals surface area contributed by atoms with Crippen molar-refractivity contribution < 1.29 is 14.3 Å². The molecule has 0 saturated carbocycles. The summed E-state index contributed by atoms with van der Waals surface area (Å²) in [5.41, 5.74) is 2.62. The molecule has 3 rings (SSSR count). The van der Waals surface area contributed by atoms with Gasteiger partial charge in [-0.15, -0.1) is 0 Å². The number of benzene rings is 1. The van der Waals surface area contributed by atoms with Gasteiger partial charge in [0.1, 0.15) is 5.56 Å². The molecule has 0 radical (unpaired) electrons. The smallest absolute Gasteiger partial charge is 0.223 e. The van der Waals surface area contributed by atoms with E-state index in [0.717, 1.165) is 36.8 Å². The molecular weight excluding hydrogens is 388 g/mol. The van der Waals surface area contributed by atoms with Gasteiger partial charge in [0, 0.05) is 23.1 Å². The average Bonchev–Trinajstić information content (AvgIpc) is 3.09. The summed E-state index contributed by atoms with van der Waals surface area (Å²) in [5, 5.41) is 4.55. The number of aryl methyl sites for hydroxylation is 2. The molecule has 0 spiro atoms. The fourth-order valence-corrected chi connectivity index (χ4v) is 4.15. The van der Waals surface area contributed by atoms with Crippen molar-refractivity contribution in [1.29, 1.82) is 0 Å². The molecule has 29 heavy (non-hydrogen) atoms. The van der Waals surface area contributed by atoms with E-state index in [4.69, 9.17) is 16.3 Å². The highest BCUT2D eigenvalue weighted by molar-refractivity contribution is 6.38. The highest BCUT2D eigenvalue weighted by atomic mass is 35.5. The third-order valence-electron chi connectivity index (χ3n) is 5.75. The molecule has 156 valence electrons. The Hall–Kier alpha value is -2.14. The lowest BCUT2D eigenvalue weighted by atomic mass is 9.71. The van der Waals surface area contributed by atoms with Crippen molar-refractivity contribution in [2.45, 2.75) is 66.8 Å². The van der Waals surface area contributed by atoms with E-state index < -0.39 is 5.41 Å². The predicted octanol–water partition coefficient (Wildman–Crippen LogP) is 5.43. The molecule has 0 bridgehead atoms. The van der Waals surface area contributed by atoms with Crippen molar-refractivity contribution in [3.8, 4) is 5.88 Å². The summed E-state index contributed by atoms with van der Waals surface area (Å²) in [6.45, 7) is 11.0. The second-order valence-electron chi connectivity index (χ2n) is 8.33. The SMILES string of the molecule is CCCCOc1c(C(=O)c2cc(C)c3c(c2Cl)C(=O)C(C)(C)CC3)cnn1CC. The fourth-order valence-electron chi connectivity index (χ4n) is 3.81. The molecule has 6 heteroatoms. The maximum Gasteiger partial charge on any atom is 0.223 e. The molecule has 0 saturated heterocycles. The van der Waals surface area contributed by atoms with Gasteiger partial charge in [-0.3, -0.25) is 9.59 Å². The Balaban J connectivity index is 2.08. The second-order valence-corrected chi connectivity index (χ2v) is 8.71. The van der Waals surface area contributed by atoms with Gasteiger partial charge >= 0.3 is 0 Å². The summed E-state index contributed by atoms with van der Waals surface area (Å²) in [7, 11) is 0. The third kappa shape index (κ3) is 3.85. The van der Waals surface area contributed by atoms with Crippen molar-refractivity contribution in [1.82, 2.24) is 9.78 Å². The lowest BCUT2D eigenvalue weighted by molar-refractivity contribution is 0.0811. The van der Waals surface area contributed by atoms with Crippen LogP contribution in [-0.2, 0) is 13.0 Å². The number of hydrogen-bond acceptors (Lipinski definition) is 4. The number of Topliss-reactive ketones (excluding diaryl/α,β-unsaturated/α-hetero) is 1. The number of halogens is 1. The molecule has 1 aromatic carbocycles. The number of carbonyl (C=O) groups excluding carboxylic acids is 2. The van der Waals surface area contributed by atoms with E-state index >= 15 is 0 Å². The van der Waals surface area contributed by atoms with Crippen LogP contribution in [0.15, 0.2) is 12.3 Å². The lowest BCUT2D eigenvalue weighted by Crippen LogP contribution is -2.31. The number of unbranched alkanes of at least 4 members (excludes halogenated alkanes) is 1. The summed E-state index contributed by atoms with van der Waals surface area (Å²) >= 11 is 6.68. The summed E-state index contributed by atoms with van der Waals surface area (Å²) in [5.74, 6) is 0.206. The third-order valence-corrected chi connectivity index (χ3v) is 6.15. The van der Waals surface area contributed by atoms with Crippen LogP contribution >= 0.6 is 11.6 Å². The van der Waals surface area contributed by atoms with Gasteiger partial charge in [-0.25, -0.2) is 4.68 Å². The van der Waals surface area contributed by atoms with E-state index in [0.29, 0.717) is 35.7 Å². The van der Waals surface area contributed by atoms with E-state index in [2.05, 4.69) is 12.0 Å². The monoisotopic (exact) mass is 416 g/mol. The number of ketones is 2. The molecule has 5 nitrogen and oxygen atoms in total. The minimum absolute atomic E-state index is 0.00479. The number of hydrogen-bond donors (Lipinski definition) is 0. The molecule has 1 aliphatic carbocycles. The molecule has 1 aliphatic rings. The zero-order valence-electron chi connectivity index (χ0n) is 17.9. The molecule has 0 fully saturated rings. The van der Waals surface area contributed by atoms with Crippen LogP contribution in [0.2, 0.25) is 5.02 Å².